The summed E-state index contributed by atoms with van der Waals surface area (Å²) in [6.07, 6.45) is 15.5. The zero-order chi connectivity index (χ0) is 33.0. The Balaban J connectivity index is 0.00000260. The average molecular weight is 850 g/mol. The topological polar surface area (TPSA) is 0 Å². The van der Waals surface area contributed by atoms with Gasteiger partial charge < -0.3 is 0 Å². The van der Waals surface area contributed by atoms with Gasteiger partial charge in [0.25, 0.3) is 0 Å². The monoisotopic (exact) mass is 850 g/mol. The van der Waals surface area contributed by atoms with Crippen LogP contribution in [0.2, 0.25) is 0 Å². The van der Waals surface area contributed by atoms with Crippen LogP contribution in [0.1, 0.15) is 162 Å². The van der Waals surface area contributed by atoms with Gasteiger partial charge in [0, 0.05) is 0 Å². The van der Waals surface area contributed by atoms with Gasteiger partial charge in [0.05, 0.1) is 0 Å². The van der Waals surface area contributed by atoms with E-state index in [1.807, 2.05) is 6.58 Å². The summed E-state index contributed by atoms with van der Waals surface area (Å²) < 4.78 is 4.28. The zero-order valence-corrected chi connectivity index (χ0v) is 36.5. The molecule has 0 atom stereocenters. The van der Waals surface area contributed by atoms with Gasteiger partial charge in [0.15, 0.2) is 0 Å². The predicted molar refractivity (Wildman–Crippen MR) is 213 cm³/mol. The Labute approximate surface area is 313 Å². The fraction of sp³-hybridized carbons (Fsp3) is 0.489. The van der Waals surface area contributed by atoms with Crippen LogP contribution in [-0.4, -0.2) is 3.26 Å². The quantitative estimate of drug-likeness (QED) is 0.217. The molecule has 0 radical (unpaired) electrons. The standard InChI is InChI=1S/C21H25.C19H28.C5H5.2ClH.Hf/c1-20(2,3)16-7-9-18-14(12-16)11-15-13-17(21(4,5)6)8-10-19(15)18;1-14(2)18-11-17(12-19(13-18)15(3)4)10-16-8-6-5-7-9-16;1-2-4-5-3-1;;;/h7-13H,1-6H3;11-16H,5-9H2,1-4H3;1-3H,4H2;2*1H;. The summed E-state index contributed by atoms with van der Waals surface area (Å²) in [5, 5.41) is 0. The summed E-state index contributed by atoms with van der Waals surface area (Å²) >= 11 is -2.89. The second kappa shape index (κ2) is 15.4. The maximum Gasteiger partial charge on any atom is -0.147 e. The SMILES string of the molecule is CC(C)c1cc(/[C](C2CCCCC2)=[Hf](/[C]2=CC=CC2)[CH]2c3cc(C(C)(C)C)ccc3-c3ccc(C(C)(C)C)cc32)cc(C(C)C)c1.Cl.Cl. The Morgan fingerprint density at radius 2 is 1.17 bits per heavy atom. The van der Waals surface area contributed by atoms with E-state index in [1.165, 1.54) is 65.5 Å². The molecule has 0 saturated heterocycles. The number of allylic oxidation sites excluding steroid dienone is 4. The Morgan fingerprint density at radius 1 is 0.667 bits per heavy atom. The molecule has 3 aromatic carbocycles. The molecule has 3 aliphatic carbocycles. The second-order valence-electron chi connectivity index (χ2n) is 17.2. The summed E-state index contributed by atoms with van der Waals surface area (Å²) in [5.74, 6) is 1.77. The van der Waals surface area contributed by atoms with Crippen molar-refractivity contribution in [2.75, 3.05) is 0 Å². The summed E-state index contributed by atoms with van der Waals surface area (Å²) in [6, 6.07) is 23.0. The molecule has 0 nitrogen and oxygen atoms in total. The van der Waals surface area contributed by atoms with Gasteiger partial charge in [-0.05, 0) is 0 Å². The Morgan fingerprint density at radius 3 is 1.58 bits per heavy atom. The molecule has 3 heteroatoms. The van der Waals surface area contributed by atoms with Crippen molar-refractivity contribution in [3.05, 3.63) is 115 Å². The van der Waals surface area contributed by atoms with E-state index in [4.69, 9.17) is 0 Å². The van der Waals surface area contributed by atoms with E-state index in [-0.39, 0.29) is 35.6 Å². The van der Waals surface area contributed by atoms with E-state index in [0.717, 1.165) is 6.42 Å². The zero-order valence-electron chi connectivity index (χ0n) is 31.3. The van der Waals surface area contributed by atoms with Gasteiger partial charge >= 0.3 is 290 Å². The van der Waals surface area contributed by atoms with Crippen molar-refractivity contribution in [3.63, 3.8) is 0 Å². The summed E-state index contributed by atoms with van der Waals surface area (Å²) in [4.78, 5) is 0. The van der Waals surface area contributed by atoms with E-state index in [0.29, 0.717) is 21.4 Å². The van der Waals surface area contributed by atoms with Gasteiger partial charge in [-0.1, -0.05) is 0 Å². The normalized spacial score (nSPS) is 17.1. The number of hydrogen-bond acceptors (Lipinski definition) is 0. The number of hydrogen-bond donors (Lipinski definition) is 0. The van der Waals surface area contributed by atoms with Crippen LogP contribution < -0.4 is 0 Å². The molecule has 6 rings (SSSR count). The van der Waals surface area contributed by atoms with Crippen LogP contribution in [0, 0.1) is 5.92 Å². The molecule has 1 fully saturated rings. The molecular formula is C45H60Cl2Hf. The van der Waals surface area contributed by atoms with Gasteiger partial charge in [0.2, 0.25) is 0 Å². The largest absolute Gasteiger partial charge is 0.147 e. The van der Waals surface area contributed by atoms with Gasteiger partial charge in [0.1, 0.15) is 0 Å². The Kier molecular flexibility index (Phi) is 12.6. The Bertz CT molecular complexity index is 1620. The molecule has 258 valence electrons. The maximum atomic E-state index is 2.66. The van der Waals surface area contributed by atoms with Crippen LogP contribution in [0.5, 0.6) is 0 Å². The van der Waals surface area contributed by atoms with Gasteiger partial charge in [-0.3, -0.25) is 0 Å². The molecule has 0 heterocycles. The minimum atomic E-state index is -2.89. The van der Waals surface area contributed by atoms with E-state index >= 15 is 0 Å². The third kappa shape index (κ3) is 7.85. The first kappa shape index (κ1) is 39.2. The van der Waals surface area contributed by atoms with Crippen molar-refractivity contribution < 1.29 is 21.0 Å². The molecular weight excluding hydrogens is 790 g/mol. The smallest absolute Gasteiger partial charge is 0.147 e. The van der Waals surface area contributed by atoms with E-state index in [9.17, 15) is 0 Å². The molecule has 0 aliphatic heterocycles. The van der Waals surface area contributed by atoms with Crippen LogP contribution in [0.25, 0.3) is 11.1 Å². The maximum absolute atomic E-state index is 2.89. The molecule has 3 aliphatic rings. The molecule has 0 bridgehead atoms. The summed E-state index contributed by atoms with van der Waals surface area (Å²) in [7, 11) is 0. The molecule has 0 spiro atoms. The van der Waals surface area contributed by atoms with Crippen LogP contribution in [0.4, 0.5) is 0 Å². The van der Waals surface area contributed by atoms with E-state index in [1.54, 1.807) is 16.7 Å². The van der Waals surface area contributed by atoms with E-state index < -0.39 is 21.0 Å². The fourth-order valence-electron chi connectivity index (χ4n) is 8.17. The Hall–Kier alpha value is -1.54. The van der Waals surface area contributed by atoms with Crippen molar-refractivity contribution in [2.24, 2.45) is 5.92 Å². The number of rotatable bonds is 6. The first-order chi connectivity index (χ1) is 21.7. The van der Waals surface area contributed by atoms with Gasteiger partial charge in [-0.25, -0.2) is 0 Å². The molecule has 48 heavy (non-hydrogen) atoms. The van der Waals surface area contributed by atoms with Crippen molar-refractivity contribution in [1.29, 1.82) is 0 Å². The molecule has 0 aromatic heterocycles. The van der Waals surface area contributed by atoms with Gasteiger partial charge in [-0.2, -0.15) is 0 Å². The van der Waals surface area contributed by atoms with Crippen molar-refractivity contribution in [1.82, 2.24) is 0 Å². The minimum Gasteiger partial charge on any atom is -0.147 e. The van der Waals surface area contributed by atoms with Crippen LogP contribution in [0.15, 0.2) is 76.2 Å². The summed E-state index contributed by atoms with van der Waals surface area (Å²) in [6.45, 7) is 23.9. The van der Waals surface area contributed by atoms with Gasteiger partial charge in [-0.15, -0.1) is 24.8 Å². The first-order valence-electron chi connectivity index (χ1n) is 18.3. The third-order valence-electron chi connectivity index (χ3n) is 11.1. The fourth-order valence-corrected chi connectivity index (χ4v) is 22.3. The molecule has 0 unspecified atom stereocenters. The average Bonchev–Trinajstić information content (AvgIpc) is 3.65. The second-order valence-corrected chi connectivity index (χ2v) is 26.5. The predicted octanol–water partition coefficient (Wildman–Crippen LogP) is 13.7. The summed E-state index contributed by atoms with van der Waals surface area (Å²) in [5.41, 5.74) is 14.2. The van der Waals surface area contributed by atoms with Crippen molar-refractivity contribution in [3.8, 4) is 11.1 Å². The third-order valence-corrected chi connectivity index (χ3v) is 23.8. The molecule has 1 saturated carbocycles. The van der Waals surface area contributed by atoms with Crippen molar-refractivity contribution >= 4 is 28.1 Å². The van der Waals surface area contributed by atoms with Crippen LogP contribution in [0.3, 0.4) is 0 Å². The van der Waals surface area contributed by atoms with Crippen LogP contribution in [-0.2, 0) is 31.8 Å². The minimum absolute atomic E-state index is 0. The number of benzene rings is 3. The van der Waals surface area contributed by atoms with Crippen molar-refractivity contribution in [2.45, 2.75) is 134 Å². The first-order valence-corrected chi connectivity index (χ1v) is 24.0. The molecule has 0 amide bonds. The van der Waals surface area contributed by atoms with E-state index in [2.05, 4.69) is 142 Å². The molecule has 0 N–H and O–H groups in total. The number of halogens is 2. The van der Waals surface area contributed by atoms with Crippen LogP contribution >= 0.6 is 24.8 Å². The number of fused-ring (bicyclic) bond motifs is 3. The molecule has 3 aromatic rings.